The van der Waals surface area contributed by atoms with Crippen LogP contribution in [0.4, 0.5) is 0 Å². The Balaban J connectivity index is 2.86. The number of H-pyrrole nitrogens is 1. The smallest absolute Gasteiger partial charge is 0.341 e. The number of carbonyl (C=O) groups is 2. The standard InChI is InChI=1S/C12H14N4O9/c1-14-4-6(13-10(14)23)16(11(24)15(2)7(4)18)3-12(25,9(21)22)5(17)8(19)20/h5,17,25H,3H2,1-2H3,(H,13,23)(H,19,20)(H,21,22). The number of nitrogens with one attached hydrogen (secondary N) is 1. The second-order valence-corrected chi connectivity index (χ2v) is 5.39. The van der Waals surface area contributed by atoms with Gasteiger partial charge in [-0.15, -0.1) is 0 Å². The molecule has 0 fully saturated rings. The molecule has 0 saturated heterocycles. The van der Waals surface area contributed by atoms with Gasteiger partial charge in [0, 0.05) is 14.1 Å². The largest absolute Gasteiger partial charge is 0.479 e. The number of fused-ring (bicyclic) bond motifs is 1. The number of aromatic nitrogens is 4. The second kappa shape index (κ2) is 5.71. The Morgan fingerprint density at radius 2 is 1.72 bits per heavy atom. The summed E-state index contributed by atoms with van der Waals surface area (Å²) in [5.41, 5.74) is -6.81. The van der Waals surface area contributed by atoms with Crippen LogP contribution in [0.15, 0.2) is 14.4 Å². The summed E-state index contributed by atoms with van der Waals surface area (Å²) in [5, 5.41) is 37.6. The van der Waals surface area contributed by atoms with E-state index in [1.807, 2.05) is 0 Å². The molecular formula is C12H14N4O9. The van der Waals surface area contributed by atoms with Gasteiger partial charge in [-0.2, -0.15) is 0 Å². The molecule has 0 amide bonds. The fourth-order valence-electron chi connectivity index (χ4n) is 2.33. The number of aliphatic hydroxyl groups is 2. The summed E-state index contributed by atoms with van der Waals surface area (Å²) in [6, 6.07) is 0. The Morgan fingerprint density at radius 1 is 1.16 bits per heavy atom. The molecular weight excluding hydrogens is 344 g/mol. The summed E-state index contributed by atoms with van der Waals surface area (Å²) in [6.07, 6.45) is -2.78. The van der Waals surface area contributed by atoms with E-state index in [1.165, 1.54) is 7.05 Å². The number of carboxylic acid groups (broad SMARTS) is 2. The van der Waals surface area contributed by atoms with Crippen molar-refractivity contribution >= 4 is 23.1 Å². The molecule has 2 rings (SSSR count). The van der Waals surface area contributed by atoms with Crippen molar-refractivity contribution in [3.63, 3.8) is 0 Å². The maximum absolute atomic E-state index is 12.3. The van der Waals surface area contributed by atoms with E-state index in [0.717, 1.165) is 11.6 Å². The predicted molar refractivity (Wildman–Crippen MR) is 79.3 cm³/mol. The van der Waals surface area contributed by atoms with Crippen molar-refractivity contribution in [2.45, 2.75) is 18.2 Å². The summed E-state index contributed by atoms with van der Waals surface area (Å²) in [7, 11) is 2.26. The van der Waals surface area contributed by atoms with Crippen molar-refractivity contribution < 1.29 is 30.0 Å². The maximum Gasteiger partial charge on any atom is 0.341 e. The monoisotopic (exact) mass is 358 g/mol. The van der Waals surface area contributed by atoms with Crippen molar-refractivity contribution in [1.82, 2.24) is 18.7 Å². The first-order valence-corrected chi connectivity index (χ1v) is 6.68. The van der Waals surface area contributed by atoms with E-state index in [2.05, 4.69) is 4.98 Å². The highest BCUT2D eigenvalue weighted by atomic mass is 16.4. The summed E-state index contributed by atoms with van der Waals surface area (Å²) in [6.45, 7) is -1.24. The lowest BCUT2D eigenvalue weighted by molar-refractivity contribution is -0.185. The lowest BCUT2D eigenvalue weighted by Crippen LogP contribution is -2.57. The first-order valence-electron chi connectivity index (χ1n) is 6.68. The van der Waals surface area contributed by atoms with E-state index in [-0.39, 0.29) is 5.52 Å². The van der Waals surface area contributed by atoms with Crippen molar-refractivity contribution in [2.24, 2.45) is 14.1 Å². The number of hydrogen-bond donors (Lipinski definition) is 5. The third kappa shape index (κ3) is 2.54. The maximum atomic E-state index is 12.3. The average molecular weight is 358 g/mol. The fourth-order valence-corrected chi connectivity index (χ4v) is 2.33. The van der Waals surface area contributed by atoms with E-state index in [1.54, 1.807) is 0 Å². The zero-order valence-electron chi connectivity index (χ0n) is 13.0. The first-order chi connectivity index (χ1) is 11.4. The molecule has 5 N–H and O–H groups in total. The van der Waals surface area contributed by atoms with Crippen LogP contribution in [0.2, 0.25) is 0 Å². The molecule has 25 heavy (non-hydrogen) atoms. The van der Waals surface area contributed by atoms with Gasteiger partial charge in [-0.1, -0.05) is 0 Å². The molecule has 0 aliphatic rings. The normalized spacial score (nSPS) is 15.0. The molecule has 0 bridgehead atoms. The third-order valence-electron chi connectivity index (χ3n) is 3.84. The molecule has 2 unspecified atom stereocenters. The number of imidazole rings is 1. The predicted octanol–water partition coefficient (Wildman–Crippen LogP) is -4.01. The summed E-state index contributed by atoms with van der Waals surface area (Å²) < 4.78 is 1.91. The number of aromatic amines is 1. The zero-order valence-corrected chi connectivity index (χ0v) is 13.0. The van der Waals surface area contributed by atoms with Crippen LogP contribution in [-0.2, 0) is 30.2 Å². The summed E-state index contributed by atoms with van der Waals surface area (Å²) >= 11 is 0. The first kappa shape index (κ1) is 18.2. The van der Waals surface area contributed by atoms with E-state index < -0.39 is 52.8 Å². The number of aryl methyl sites for hydroxylation is 1. The lowest BCUT2D eigenvalue weighted by Gasteiger charge is -2.27. The summed E-state index contributed by atoms with van der Waals surface area (Å²) in [4.78, 5) is 60.5. The molecule has 0 radical (unpaired) electrons. The van der Waals surface area contributed by atoms with Crippen molar-refractivity contribution in [3.05, 3.63) is 31.3 Å². The number of aliphatic hydroxyl groups excluding tert-OH is 1. The topological polar surface area (TPSA) is 197 Å². The highest BCUT2D eigenvalue weighted by Gasteiger charge is 2.49. The Bertz CT molecular complexity index is 1060. The van der Waals surface area contributed by atoms with Crippen LogP contribution < -0.4 is 16.9 Å². The van der Waals surface area contributed by atoms with Crippen molar-refractivity contribution in [2.75, 3.05) is 0 Å². The van der Waals surface area contributed by atoms with Crippen molar-refractivity contribution in [1.29, 1.82) is 0 Å². The Kier molecular flexibility index (Phi) is 4.15. The number of aliphatic carboxylic acids is 2. The molecule has 13 nitrogen and oxygen atoms in total. The van der Waals surface area contributed by atoms with Crippen LogP contribution in [-0.4, -0.2) is 62.8 Å². The summed E-state index contributed by atoms with van der Waals surface area (Å²) in [5.74, 6) is -4.16. The third-order valence-corrected chi connectivity index (χ3v) is 3.84. The molecule has 136 valence electrons. The van der Waals surface area contributed by atoms with Gasteiger partial charge in [0.05, 0.1) is 6.54 Å². The Hall–Kier alpha value is -3.19. The number of nitrogens with zero attached hydrogens (tertiary/aromatic N) is 3. The minimum Gasteiger partial charge on any atom is -0.479 e. The van der Waals surface area contributed by atoms with Crippen LogP contribution in [0, 0.1) is 0 Å². The average Bonchev–Trinajstić information content (AvgIpc) is 2.83. The van der Waals surface area contributed by atoms with Crippen LogP contribution >= 0.6 is 0 Å². The molecule has 0 spiro atoms. The number of carboxylic acids is 2. The van der Waals surface area contributed by atoms with E-state index in [4.69, 9.17) is 10.2 Å². The molecule has 2 atom stereocenters. The molecule has 0 aromatic carbocycles. The lowest BCUT2D eigenvalue weighted by atomic mass is 9.96. The Morgan fingerprint density at radius 3 is 2.20 bits per heavy atom. The number of hydrogen-bond acceptors (Lipinski definition) is 7. The number of rotatable bonds is 5. The molecule has 13 heteroatoms. The van der Waals surface area contributed by atoms with Crippen LogP contribution in [0.1, 0.15) is 0 Å². The minimum atomic E-state index is -3.30. The minimum absolute atomic E-state index is 0.301. The van der Waals surface area contributed by atoms with Gasteiger partial charge >= 0.3 is 23.3 Å². The van der Waals surface area contributed by atoms with Gasteiger partial charge in [-0.05, 0) is 0 Å². The highest BCUT2D eigenvalue weighted by molar-refractivity contribution is 5.87. The molecule has 0 saturated carbocycles. The highest BCUT2D eigenvalue weighted by Crippen LogP contribution is 2.16. The van der Waals surface area contributed by atoms with Gasteiger partial charge in [-0.25, -0.2) is 19.2 Å². The molecule has 2 heterocycles. The zero-order chi connectivity index (χ0) is 19.3. The van der Waals surface area contributed by atoms with Gasteiger partial charge in [0.25, 0.3) is 5.56 Å². The van der Waals surface area contributed by atoms with Crippen LogP contribution in [0.5, 0.6) is 0 Å². The van der Waals surface area contributed by atoms with Gasteiger partial charge in [-0.3, -0.25) is 23.5 Å². The Labute approximate surface area is 136 Å². The molecule has 0 aliphatic carbocycles. The van der Waals surface area contributed by atoms with E-state index in [9.17, 15) is 34.2 Å². The van der Waals surface area contributed by atoms with Gasteiger partial charge in [0.15, 0.2) is 11.6 Å². The van der Waals surface area contributed by atoms with E-state index in [0.29, 0.717) is 9.13 Å². The van der Waals surface area contributed by atoms with Crippen LogP contribution in [0.3, 0.4) is 0 Å². The van der Waals surface area contributed by atoms with Gasteiger partial charge < -0.3 is 20.4 Å². The molecule has 2 aromatic rings. The van der Waals surface area contributed by atoms with Gasteiger partial charge in [0.2, 0.25) is 5.60 Å². The second-order valence-electron chi connectivity index (χ2n) is 5.39. The molecule has 0 aliphatic heterocycles. The van der Waals surface area contributed by atoms with Crippen molar-refractivity contribution in [3.8, 4) is 0 Å². The van der Waals surface area contributed by atoms with Crippen LogP contribution in [0.25, 0.3) is 11.2 Å². The molecule has 2 aromatic heterocycles. The fraction of sp³-hybridized carbons (Fsp3) is 0.417. The SMILES string of the molecule is Cn1c(=O)c2c([nH]c(=O)n2C)n(CC(O)(C(=O)O)C(O)C(=O)O)c1=O. The van der Waals surface area contributed by atoms with Gasteiger partial charge in [0.1, 0.15) is 5.65 Å². The van der Waals surface area contributed by atoms with E-state index >= 15 is 0 Å². The quantitative estimate of drug-likeness (QED) is 0.353.